The number of para-hydroxylation sites is 1. The second-order valence-corrected chi connectivity index (χ2v) is 12.3. The summed E-state index contributed by atoms with van der Waals surface area (Å²) < 4.78 is 0. The van der Waals surface area contributed by atoms with Crippen molar-refractivity contribution in [3.63, 3.8) is 0 Å². The monoisotopic (exact) mass is 694 g/mol. The van der Waals surface area contributed by atoms with E-state index in [9.17, 15) is 19.2 Å². The first-order chi connectivity index (χ1) is 23.2. The van der Waals surface area contributed by atoms with E-state index in [1.54, 1.807) is 97.1 Å². The smallest absolute Gasteiger partial charge is 0.272 e. The number of carbonyl (C=O) groups is 4. The summed E-state index contributed by atoms with van der Waals surface area (Å²) in [6.45, 7) is 0. The van der Waals surface area contributed by atoms with Gasteiger partial charge in [-0.3, -0.25) is 19.2 Å². The van der Waals surface area contributed by atoms with Crippen molar-refractivity contribution < 1.29 is 19.2 Å². The van der Waals surface area contributed by atoms with Gasteiger partial charge in [-0.25, -0.2) is 0 Å². The van der Waals surface area contributed by atoms with Gasteiger partial charge in [0, 0.05) is 31.8 Å². The summed E-state index contributed by atoms with van der Waals surface area (Å²) in [4.78, 5) is 52.7. The van der Waals surface area contributed by atoms with Crippen LogP contribution in [0.25, 0.3) is 6.08 Å². The Hall–Kier alpha value is -5.35. The number of thioether (sulfide) groups is 1. The van der Waals surface area contributed by atoms with Crippen LogP contribution in [0.2, 0.25) is 10.0 Å². The SMILES string of the molecule is NC(=O)c1ccccc1NC(=O)C(Sc1ccc(NC(=O)/C(=C/c2c(Cl)cccc2Cl)NC(=O)c2ccccc2)cc1)c1ccccc1. The summed E-state index contributed by atoms with van der Waals surface area (Å²) in [5, 5.41) is 8.23. The lowest BCUT2D eigenvalue weighted by molar-refractivity contribution is -0.116. The second kappa shape index (κ2) is 16.0. The highest BCUT2D eigenvalue weighted by Crippen LogP contribution is 2.37. The van der Waals surface area contributed by atoms with Crippen LogP contribution in [-0.2, 0) is 9.59 Å². The molecular weight excluding hydrogens is 667 g/mol. The summed E-state index contributed by atoms with van der Waals surface area (Å²) in [6, 6.07) is 36.0. The van der Waals surface area contributed by atoms with Gasteiger partial charge in [0.1, 0.15) is 10.9 Å². The fourth-order valence-corrected chi connectivity index (χ4v) is 6.12. The van der Waals surface area contributed by atoms with Gasteiger partial charge in [-0.05, 0) is 72.3 Å². The van der Waals surface area contributed by atoms with Crippen molar-refractivity contribution in [3.05, 3.63) is 165 Å². The van der Waals surface area contributed by atoms with Gasteiger partial charge in [-0.1, -0.05) is 89.9 Å². The minimum atomic E-state index is -0.685. The van der Waals surface area contributed by atoms with E-state index in [0.717, 1.165) is 10.5 Å². The van der Waals surface area contributed by atoms with E-state index in [1.165, 1.54) is 17.8 Å². The highest BCUT2D eigenvalue weighted by Gasteiger charge is 2.24. The molecule has 11 heteroatoms. The molecule has 4 amide bonds. The third-order valence-electron chi connectivity index (χ3n) is 6.97. The Labute approximate surface area is 291 Å². The maximum absolute atomic E-state index is 13.6. The van der Waals surface area contributed by atoms with E-state index < -0.39 is 23.0 Å². The van der Waals surface area contributed by atoms with Crippen molar-refractivity contribution >= 4 is 76.0 Å². The quantitative estimate of drug-likeness (QED) is 0.0823. The molecular formula is C37H28Cl2N4O4S. The number of benzene rings is 5. The minimum absolute atomic E-state index is 0.0747. The van der Waals surface area contributed by atoms with E-state index in [1.807, 2.05) is 30.3 Å². The van der Waals surface area contributed by atoms with Gasteiger partial charge in [0.15, 0.2) is 0 Å². The Balaban J connectivity index is 1.36. The molecule has 0 aliphatic rings. The fraction of sp³-hybridized carbons (Fsp3) is 0.0270. The van der Waals surface area contributed by atoms with Crippen molar-refractivity contribution in [1.82, 2.24) is 5.32 Å². The predicted molar refractivity (Wildman–Crippen MR) is 192 cm³/mol. The van der Waals surface area contributed by atoms with Gasteiger partial charge in [0.25, 0.3) is 17.7 Å². The van der Waals surface area contributed by atoms with Gasteiger partial charge in [0.2, 0.25) is 5.91 Å². The largest absolute Gasteiger partial charge is 0.366 e. The molecule has 0 aromatic heterocycles. The van der Waals surface area contributed by atoms with Crippen molar-refractivity contribution in [1.29, 1.82) is 0 Å². The average molecular weight is 696 g/mol. The summed E-state index contributed by atoms with van der Waals surface area (Å²) >= 11 is 14.0. The van der Waals surface area contributed by atoms with Crippen LogP contribution in [0, 0.1) is 0 Å². The third kappa shape index (κ3) is 8.71. The van der Waals surface area contributed by atoms with Crippen molar-refractivity contribution in [2.45, 2.75) is 10.1 Å². The minimum Gasteiger partial charge on any atom is -0.366 e. The number of rotatable bonds is 11. The van der Waals surface area contributed by atoms with Crippen LogP contribution in [0.1, 0.15) is 37.1 Å². The zero-order valence-corrected chi connectivity index (χ0v) is 27.5. The van der Waals surface area contributed by atoms with Gasteiger partial charge < -0.3 is 21.7 Å². The Morgan fingerprint density at radius 1 is 0.688 bits per heavy atom. The second-order valence-electron chi connectivity index (χ2n) is 10.3. The highest BCUT2D eigenvalue weighted by molar-refractivity contribution is 8.00. The van der Waals surface area contributed by atoms with E-state index in [-0.39, 0.29) is 17.2 Å². The zero-order valence-electron chi connectivity index (χ0n) is 25.2. The molecule has 0 radical (unpaired) electrons. The molecule has 0 bridgehead atoms. The number of primary amides is 1. The normalized spacial score (nSPS) is 11.7. The molecule has 0 fully saturated rings. The zero-order chi connectivity index (χ0) is 34.0. The number of hydrogen-bond acceptors (Lipinski definition) is 5. The molecule has 5 rings (SSSR count). The number of hydrogen-bond donors (Lipinski definition) is 4. The van der Waals surface area contributed by atoms with Crippen molar-refractivity contribution in [2.24, 2.45) is 5.73 Å². The number of carbonyl (C=O) groups excluding carboxylic acids is 4. The van der Waals surface area contributed by atoms with E-state index in [4.69, 9.17) is 28.9 Å². The maximum Gasteiger partial charge on any atom is 0.272 e. The van der Waals surface area contributed by atoms with Gasteiger partial charge in [0.05, 0.1) is 11.3 Å². The lowest BCUT2D eigenvalue weighted by Gasteiger charge is -2.18. The van der Waals surface area contributed by atoms with E-state index >= 15 is 0 Å². The first-order valence-corrected chi connectivity index (χ1v) is 16.2. The Morgan fingerprint density at radius 3 is 1.94 bits per heavy atom. The predicted octanol–water partition coefficient (Wildman–Crippen LogP) is 7.97. The summed E-state index contributed by atoms with van der Waals surface area (Å²) in [6.07, 6.45) is 1.42. The maximum atomic E-state index is 13.6. The van der Waals surface area contributed by atoms with E-state index in [2.05, 4.69) is 16.0 Å². The van der Waals surface area contributed by atoms with Crippen LogP contribution < -0.4 is 21.7 Å². The van der Waals surface area contributed by atoms with Crippen molar-refractivity contribution in [3.8, 4) is 0 Å². The first-order valence-electron chi connectivity index (χ1n) is 14.5. The lowest BCUT2D eigenvalue weighted by atomic mass is 10.1. The Kier molecular flexibility index (Phi) is 11.3. The lowest BCUT2D eigenvalue weighted by Crippen LogP contribution is -2.30. The van der Waals surface area contributed by atoms with E-state index in [0.29, 0.717) is 32.5 Å². The topological polar surface area (TPSA) is 130 Å². The molecule has 48 heavy (non-hydrogen) atoms. The number of halogens is 2. The Bertz CT molecular complexity index is 1970. The molecule has 0 heterocycles. The summed E-state index contributed by atoms with van der Waals surface area (Å²) in [5.74, 6) is -2.10. The number of nitrogens with two attached hydrogens (primary N) is 1. The fourth-order valence-electron chi connectivity index (χ4n) is 4.59. The highest BCUT2D eigenvalue weighted by atomic mass is 35.5. The molecule has 0 saturated heterocycles. The number of anilines is 2. The van der Waals surface area contributed by atoms with Crippen molar-refractivity contribution in [2.75, 3.05) is 10.6 Å². The summed E-state index contributed by atoms with van der Waals surface area (Å²) in [5.41, 5.74) is 7.86. The third-order valence-corrected chi connectivity index (χ3v) is 8.90. The molecule has 5 N–H and O–H groups in total. The van der Waals surface area contributed by atoms with Crippen LogP contribution in [-0.4, -0.2) is 23.6 Å². The molecule has 0 aliphatic heterocycles. The first kappa shape index (κ1) is 34.0. The van der Waals surface area contributed by atoms with Gasteiger partial charge in [-0.15, -0.1) is 11.8 Å². The van der Waals surface area contributed by atoms with Crippen LogP contribution in [0.4, 0.5) is 11.4 Å². The molecule has 0 saturated carbocycles. The molecule has 1 atom stereocenters. The molecule has 8 nitrogen and oxygen atoms in total. The molecule has 5 aromatic carbocycles. The molecule has 0 spiro atoms. The van der Waals surface area contributed by atoms with Gasteiger partial charge in [-0.2, -0.15) is 0 Å². The van der Waals surface area contributed by atoms with Crippen LogP contribution in [0.3, 0.4) is 0 Å². The molecule has 5 aromatic rings. The van der Waals surface area contributed by atoms with Crippen LogP contribution in [0.15, 0.2) is 138 Å². The standard InChI is InChI=1S/C37H28Cl2N4O4S/c38-29-15-9-16-30(39)28(29)22-32(43-35(45)24-12-5-2-6-13-24)36(46)41-25-18-20-26(21-19-25)48-33(23-10-3-1-4-11-23)37(47)42-31-17-8-7-14-27(31)34(40)44/h1-22,33H,(H2,40,44)(H,41,46)(H,42,47)(H,43,45)/b32-22-. The number of amides is 4. The Morgan fingerprint density at radius 2 is 1.29 bits per heavy atom. The molecule has 1 unspecified atom stereocenters. The average Bonchev–Trinajstić information content (AvgIpc) is 3.09. The summed E-state index contributed by atoms with van der Waals surface area (Å²) in [7, 11) is 0. The van der Waals surface area contributed by atoms with Crippen LogP contribution >= 0.6 is 35.0 Å². The molecule has 240 valence electrons. The van der Waals surface area contributed by atoms with Gasteiger partial charge >= 0.3 is 0 Å². The molecule has 0 aliphatic carbocycles. The van der Waals surface area contributed by atoms with Crippen LogP contribution in [0.5, 0.6) is 0 Å². The number of nitrogens with one attached hydrogen (secondary N) is 3.